The van der Waals surface area contributed by atoms with E-state index in [2.05, 4.69) is 19.9 Å². The van der Waals surface area contributed by atoms with Crippen molar-refractivity contribution in [1.29, 1.82) is 0 Å². The molecule has 0 atom stereocenters. The van der Waals surface area contributed by atoms with E-state index in [0.29, 0.717) is 55.8 Å². The maximum atomic E-state index is 14.4. The van der Waals surface area contributed by atoms with E-state index in [0.717, 1.165) is 92.3 Å². The van der Waals surface area contributed by atoms with E-state index in [-0.39, 0.29) is 29.4 Å². The molecule has 0 bridgehead atoms. The molecule has 7 rings (SSSR count). The van der Waals surface area contributed by atoms with Crippen LogP contribution in [-0.2, 0) is 9.53 Å². The number of aryl methyl sites for hydroxylation is 1. The number of amides is 2. The summed E-state index contributed by atoms with van der Waals surface area (Å²) in [6, 6.07) is 8.05. The molecule has 3 saturated carbocycles. The monoisotopic (exact) mass is 669 g/mol. The Bertz CT molecular complexity index is 1630. The number of aromatic nitrogens is 3. The number of carbonyl (C=O) groups excluding carboxylic acids is 2. The smallest absolute Gasteiger partial charge is 0.410 e. The molecule has 4 heterocycles. The van der Waals surface area contributed by atoms with Crippen molar-refractivity contribution >= 4 is 17.8 Å². The number of pyridine rings is 2. The molecule has 4 aliphatic rings. The summed E-state index contributed by atoms with van der Waals surface area (Å²) in [5.41, 5.74) is 3.94. The number of carbonyl (C=O) groups is 2. The van der Waals surface area contributed by atoms with Crippen molar-refractivity contribution in [1.82, 2.24) is 19.9 Å². The lowest BCUT2D eigenvalue weighted by Gasteiger charge is -2.47. The average Bonchev–Trinajstić information content (AvgIpc) is 3.85. The van der Waals surface area contributed by atoms with E-state index in [9.17, 15) is 9.59 Å². The van der Waals surface area contributed by atoms with Crippen LogP contribution < -0.4 is 9.64 Å². The van der Waals surface area contributed by atoms with Crippen LogP contribution >= 0.6 is 0 Å². The van der Waals surface area contributed by atoms with Gasteiger partial charge in [-0.1, -0.05) is 13.8 Å². The molecular formula is C39H51N5O5. The Morgan fingerprint density at radius 2 is 1.71 bits per heavy atom. The average molecular weight is 670 g/mol. The molecule has 3 aromatic rings. The zero-order valence-corrected chi connectivity index (χ0v) is 29.5. The van der Waals surface area contributed by atoms with Crippen LogP contribution in [0.2, 0.25) is 0 Å². The number of hydrogen-bond acceptors (Lipinski definition) is 8. The summed E-state index contributed by atoms with van der Waals surface area (Å²) < 4.78 is 17.1. The molecule has 3 aliphatic carbocycles. The van der Waals surface area contributed by atoms with Crippen LogP contribution in [0.1, 0.15) is 114 Å². The highest BCUT2D eigenvalue weighted by molar-refractivity contribution is 5.94. The van der Waals surface area contributed by atoms with Crippen LogP contribution in [0.5, 0.6) is 5.75 Å². The second-order valence-corrected chi connectivity index (χ2v) is 15.3. The Morgan fingerprint density at radius 3 is 2.39 bits per heavy atom. The lowest BCUT2D eigenvalue weighted by molar-refractivity contribution is -0.124. The summed E-state index contributed by atoms with van der Waals surface area (Å²) >= 11 is 0. The van der Waals surface area contributed by atoms with E-state index in [1.54, 1.807) is 19.6 Å². The third-order valence-corrected chi connectivity index (χ3v) is 11.6. The van der Waals surface area contributed by atoms with Crippen molar-refractivity contribution in [3.63, 3.8) is 0 Å². The zero-order valence-electron chi connectivity index (χ0n) is 29.5. The molecule has 0 aromatic carbocycles. The van der Waals surface area contributed by atoms with E-state index >= 15 is 0 Å². The maximum absolute atomic E-state index is 14.4. The Kier molecular flexibility index (Phi) is 9.66. The van der Waals surface area contributed by atoms with Gasteiger partial charge in [-0.25, -0.2) is 14.8 Å². The summed E-state index contributed by atoms with van der Waals surface area (Å²) in [4.78, 5) is 45.3. The van der Waals surface area contributed by atoms with Gasteiger partial charge in [0.15, 0.2) is 5.89 Å². The Hall–Kier alpha value is -3.95. The standard InChI is InChI=1S/C39H51N5O5/c1-5-39(3)23-43(24-39)38(46)49-31-14-12-29(13-15-31)37(45)44(35-20-30(18-19-40-35)33-22-48-36(42-33)28-10-11-28)21-26-6-8-27(9-7-26)32-16-17-34(47-4)25(2)41-32/h16-20,22,26-29,31H,5-15,21,23-24H2,1-4H3. The normalized spacial score (nSPS) is 24.9. The molecule has 262 valence electrons. The predicted molar refractivity (Wildman–Crippen MR) is 186 cm³/mol. The summed E-state index contributed by atoms with van der Waals surface area (Å²) in [7, 11) is 1.68. The van der Waals surface area contributed by atoms with Gasteiger partial charge in [-0.15, -0.1) is 0 Å². The molecule has 3 aromatic heterocycles. The molecule has 0 spiro atoms. The highest BCUT2D eigenvalue weighted by Gasteiger charge is 2.42. The minimum atomic E-state index is -0.211. The molecule has 2 amide bonds. The van der Waals surface area contributed by atoms with Gasteiger partial charge < -0.3 is 18.8 Å². The Morgan fingerprint density at radius 1 is 0.980 bits per heavy atom. The number of ether oxygens (including phenoxy) is 2. The SMILES string of the molecule is CCC1(C)CN(C(=O)OC2CCC(C(=O)N(CC3CCC(c4ccc(OC)c(C)n4)CC3)c3cc(-c4coc(C5CC5)n4)ccn3)CC2)C1. The molecule has 1 aliphatic heterocycles. The van der Waals surface area contributed by atoms with Crippen molar-refractivity contribution < 1.29 is 23.5 Å². The first-order valence-corrected chi connectivity index (χ1v) is 18.4. The summed E-state index contributed by atoms with van der Waals surface area (Å²) in [5, 5.41) is 0. The first-order valence-electron chi connectivity index (χ1n) is 18.4. The number of nitrogens with zero attached hydrogens (tertiary/aromatic N) is 5. The highest BCUT2D eigenvalue weighted by atomic mass is 16.6. The molecule has 1 saturated heterocycles. The quantitative estimate of drug-likeness (QED) is 0.213. The van der Waals surface area contributed by atoms with Gasteiger partial charge in [0.25, 0.3) is 0 Å². The zero-order chi connectivity index (χ0) is 34.1. The maximum Gasteiger partial charge on any atom is 0.410 e. The summed E-state index contributed by atoms with van der Waals surface area (Å²) in [6.45, 7) is 8.52. The second-order valence-electron chi connectivity index (χ2n) is 15.3. The van der Waals surface area contributed by atoms with Crippen LogP contribution in [0.15, 0.2) is 41.1 Å². The van der Waals surface area contributed by atoms with Crippen molar-refractivity contribution in [2.24, 2.45) is 17.3 Å². The number of methoxy groups -OCH3 is 1. The van der Waals surface area contributed by atoms with E-state index in [1.165, 1.54) is 0 Å². The van der Waals surface area contributed by atoms with Gasteiger partial charge >= 0.3 is 6.09 Å². The van der Waals surface area contributed by atoms with Crippen LogP contribution in [0.25, 0.3) is 11.3 Å². The fraction of sp³-hybridized carbons (Fsp3) is 0.615. The topological polar surface area (TPSA) is 111 Å². The molecule has 0 radical (unpaired) electrons. The molecule has 4 fully saturated rings. The van der Waals surface area contributed by atoms with Crippen molar-refractivity contribution in [2.45, 2.75) is 109 Å². The molecule has 0 N–H and O–H groups in total. The van der Waals surface area contributed by atoms with E-state index < -0.39 is 0 Å². The fourth-order valence-corrected chi connectivity index (χ4v) is 7.96. The summed E-state index contributed by atoms with van der Waals surface area (Å²) in [5.74, 6) is 3.46. The molecule has 10 nitrogen and oxygen atoms in total. The largest absolute Gasteiger partial charge is 0.495 e. The highest BCUT2D eigenvalue weighted by Crippen LogP contribution is 2.41. The molecule has 10 heteroatoms. The van der Waals surface area contributed by atoms with Crippen molar-refractivity contribution in [3.8, 4) is 17.0 Å². The van der Waals surface area contributed by atoms with Gasteiger partial charge in [-0.3, -0.25) is 14.7 Å². The number of oxazole rings is 1. The second kappa shape index (κ2) is 14.1. The minimum absolute atomic E-state index is 0.115. The van der Waals surface area contributed by atoms with Crippen LogP contribution in [0, 0.1) is 24.2 Å². The van der Waals surface area contributed by atoms with Gasteiger partial charge in [0.05, 0.1) is 12.8 Å². The Labute approximate surface area is 290 Å². The third kappa shape index (κ3) is 7.48. The summed E-state index contributed by atoms with van der Waals surface area (Å²) in [6.07, 6.45) is 13.4. The molecule has 49 heavy (non-hydrogen) atoms. The van der Waals surface area contributed by atoms with Gasteiger partial charge in [-0.2, -0.15) is 0 Å². The van der Waals surface area contributed by atoms with Crippen LogP contribution in [0.3, 0.4) is 0 Å². The number of rotatable bonds is 10. The third-order valence-electron chi connectivity index (χ3n) is 11.6. The van der Waals surface area contributed by atoms with Crippen molar-refractivity contribution in [2.75, 3.05) is 31.6 Å². The lowest BCUT2D eigenvalue weighted by Crippen LogP contribution is -2.57. The first-order chi connectivity index (χ1) is 23.7. The number of hydrogen-bond donors (Lipinski definition) is 0. The minimum Gasteiger partial charge on any atom is -0.495 e. The Balaban J connectivity index is 1.03. The first kappa shape index (κ1) is 33.5. The van der Waals surface area contributed by atoms with E-state index in [1.807, 2.05) is 34.9 Å². The number of anilines is 1. The van der Waals surface area contributed by atoms with Gasteiger partial charge in [-0.05, 0) is 108 Å². The van der Waals surface area contributed by atoms with Crippen molar-refractivity contribution in [3.05, 3.63) is 54.0 Å². The van der Waals surface area contributed by atoms with Crippen LogP contribution in [-0.4, -0.2) is 64.7 Å². The fourth-order valence-electron chi connectivity index (χ4n) is 7.96. The molecular weight excluding hydrogens is 618 g/mol. The lowest BCUT2D eigenvalue weighted by atomic mass is 9.79. The molecule has 0 unspecified atom stereocenters. The predicted octanol–water partition coefficient (Wildman–Crippen LogP) is 8.06. The van der Waals surface area contributed by atoms with Gasteiger partial charge in [0.1, 0.15) is 29.6 Å². The van der Waals surface area contributed by atoms with E-state index in [4.69, 9.17) is 28.8 Å². The van der Waals surface area contributed by atoms with Gasteiger partial charge in [0.2, 0.25) is 5.91 Å². The van der Waals surface area contributed by atoms with Crippen LogP contribution in [0.4, 0.5) is 10.6 Å². The number of likely N-dealkylation sites (tertiary alicyclic amines) is 1. The van der Waals surface area contributed by atoms with Gasteiger partial charge in [0, 0.05) is 60.3 Å².